The van der Waals surface area contributed by atoms with Crippen LogP contribution in [0.2, 0.25) is 0 Å². The van der Waals surface area contributed by atoms with Crippen molar-refractivity contribution in [1.82, 2.24) is 9.13 Å². The van der Waals surface area contributed by atoms with E-state index in [0.717, 1.165) is 32.4 Å². The smallest absolute Gasteiger partial charge is 0.431 e. The molecule has 11 heteroatoms. The molecule has 0 fully saturated rings. The molecule has 0 saturated heterocycles. The predicted octanol–water partition coefficient (Wildman–Crippen LogP) is 1.75. The number of nitrogens with zero attached hydrogens (tertiary/aromatic N) is 3. The summed E-state index contributed by atoms with van der Waals surface area (Å²) in [5.41, 5.74) is -5.33. The van der Waals surface area contributed by atoms with Gasteiger partial charge in [0.15, 0.2) is 0 Å². The number of methoxy groups -OCH3 is 1. The van der Waals surface area contributed by atoms with Gasteiger partial charge >= 0.3 is 17.8 Å². The standard InChI is InChI=1S/C17H11F4N3O4/c1-23-13(17(19,20)21)7-14(25)24(16(23)27)12-6-9(3-4-15(26)28-2)10(8-22)5-11(12)18/h3-7H,1-2H3. The maximum Gasteiger partial charge on any atom is 0.431 e. The van der Waals surface area contributed by atoms with Crippen molar-refractivity contribution in [3.63, 3.8) is 0 Å². The first-order chi connectivity index (χ1) is 13.0. The fraction of sp³-hybridized carbons (Fsp3) is 0.176. The lowest BCUT2D eigenvalue weighted by molar-refractivity contribution is -0.144. The van der Waals surface area contributed by atoms with Crippen LogP contribution in [-0.2, 0) is 22.8 Å². The van der Waals surface area contributed by atoms with Gasteiger partial charge in [0.25, 0.3) is 5.56 Å². The summed E-state index contributed by atoms with van der Waals surface area (Å²) < 4.78 is 57.9. The first kappa shape index (κ1) is 20.6. The van der Waals surface area contributed by atoms with Gasteiger partial charge in [-0.25, -0.2) is 18.5 Å². The van der Waals surface area contributed by atoms with Gasteiger partial charge in [0, 0.05) is 19.2 Å². The summed E-state index contributed by atoms with van der Waals surface area (Å²) in [6, 6.07) is 3.40. The van der Waals surface area contributed by atoms with E-state index in [1.165, 1.54) is 0 Å². The molecular formula is C17H11F4N3O4. The van der Waals surface area contributed by atoms with E-state index in [1.54, 1.807) is 6.07 Å². The van der Waals surface area contributed by atoms with Crippen LogP contribution in [0.3, 0.4) is 0 Å². The van der Waals surface area contributed by atoms with Crippen LogP contribution in [-0.4, -0.2) is 22.2 Å². The SMILES string of the molecule is COC(=O)C=Cc1cc(-n2c(=O)cc(C(F)(F)F)n(C)c2=O)c(F)cc1C#N. The highest BCUT2D eigenvalue weighted by Crippen LogP contribution is 2.27. The number of hydrogen-bond acceptors (Lipinski definition) is 5. The first-order valence-electron chi connectivity index (χ1n) is 7.41. The summed E-state index contributed by atoms with van der Waals surface area (Å²) in [5.74, 6) is -1.98. The molecule has 1 aromatic heterocycles. The Morgan fingerprint density at radius 1 is 1.25 bits per heavy atom. The van der Waals surface area contributed by atoms with E-state index in [9.17, 15) is 31.9 Å². The van der Waals surface area contributed by atoms with Crippen molar-refractivity contribution in [1.29, 1.82) is 5.26 Å². The minimum atomic E-state index is -4.97. The van der Waals surface area contributed by atoms with Crippen molar-refractivity contribution < 1.29 is 27.1 Å². The predicted molar refractivity (Wildman–Crippen MR) is 88.0 cm³/mol. The lowest BCUT2D eigenvalue weighted by atomic mass is 10.1. The second kappa shape index (κ2) is 7.51. The van der Waals surface area contributed by atoms with E-state index in [-0.39, 0.29) is 26.3 Å². The monoisotopic (exact) mass is 397 g/mol. The van der Waals surface area contributed by atoms with Crippen LogP contribution in [0.4, 0.5) is 17.6 Å². The van der Waals surface area contributed by atoms with Gasteiger partial charge in [-0.15, -0.1) is 0 Å². The number of benzene rings is 1. The molecule has 0 unspecified atom stereocenters. The number of aromatic nitrogens is 2. The highest BCUT2D eigenvalue weighted by molar-refractivity contribution is 5.87. The zero-order valence-electron chi connectivity index (χ0n) is 14.4. The second-order valence-corrected chi connectivity index (χ2v) is 5.40. The van der Waals surface area contributed by atoms with Crippen molar-refractivity contribution in [3.8, 4) is 11.8 Å². The van der Waals surface area contributed by atoms with Gasteiger partial charge in [-0.05, 0) is 23.8 Å². The topological polar surface area (TPSA) is 94.1 Å². The van der Waals surface area contributed by atoms with Gasteiger partial charge in [0.1, 0.15) is 11.5 Å². The molecule has 0 saturated carbocycles. The van der Waals surface area contributed by atoms with Gasteiger partial charge < -0.3 is 4.74 Å². The van der Waals surface area contributed by atoms with Crippen LogP contribution in [0, 0.1) is 17.1 Å². The van der Waals surface area contributed by atoms with Crippen molar-refractivity contribution in [3.05, 3.63) is 67.8 Å². The minimum Gasteiger partial charge on any atom is -0.466 e. The number of hydrogen-bond donors (Lipinski definition) is 0. The number of rotatable bonds is 3. The zero-order valence-corrected chi connectivity index (χ0v) is 14.4. The summed E-state index contributed by atoms with van der Waals surface area (Å²) >= 11 is 0. The number of halogens is 4. The van der Waals surface area contributed by atoms with Gasteiger partial charge in [-0.1, -0.05) is 0 Å². The molecule has 7 nitrogen and oxygen atoms in total. The van der Waals surface area contributed by atoms with Gasteiger partial charge in [0.05, 0.1) is 24.4 Å². The van der Waals surface area contributed by atoms with Crippen LogP contribution in [0.25, 0.3) is 11.8 Å². The first-order valence-corrected chi connectivity index (χ1v) is 7.41. The molecule has 1 heterocycles. The summed E-state index contributed by atoms with van der Waals surface area (Å²) in [5, 5.41) is 9.08. The molecule has 0 N–H and O–H groups in total. The van der Waals surface area contributed by atoms with Gasteiger partial charge in [0.2, 0.25) is 0 Å². The van der Waals surface area contributed by atoms with Gasteiger partial charge in [-0.2, -0.15) is 18.4 Å². The Kier molecular flexibility index (Phi) is 5.54. The molecule has 0 bridgehead atoms. The van der Waals surface area contributed by atoms with Crippen LogP contribution in [0.5, 0.6) is 0 Å². The third-order valence-electron chi connectivity index (χ3n) is 3.69. The average molecular weight is 397 g/mol. The molecule has 0 aliphatic carbocycles. The molecule has 0 spiro atoms. The minimum absolute atomic E-state index is 0.0573. The van der Waals surface area contributed by atoms with E-state index >= 15 is 0 Å². The third kappa shape index (κ3) is 3.85. The number of carbonyl (C=O) groups excluding carboxylic acids is 1. The Bertz CT molecular complexity index is 1140. The molecule has 146 valence electrons. The van der Waals surface area contributed by atoms with Crippen LogP contribution in [0.15, 0.2) is 33.9 Å². The quantitative estimate of drug-likeness (QED) is 0.447. The van der Waals surface area contributed by atoms with E-state index in [4.69, 9.17) is 5.26 Å². The van der Waals surface area contributed by atoms with E-state index in [0.29, 0.717) is 6.07 Å². The highest BCUT2D eigenvalue weighted by atomic mass is 19.4. The molecule has 1 aromatic carbocycles. The van der Waals surface area contributed by atoms with Crippen LogP contribution < -0.4 is 11.2 Å². The second-order valence-electron chi connectivity index (χ2n) is 5.40. The molecule has 0 atom stereocenters. The van der Waals surface area contributed by atoms with Crippen molar-refractivity contribution in [2.45, 2.75) is 6.18 Å². The molecule has 2 rings (SSSR count). The Morgan fingerprint density at radius 3 is 2.43 bits per heavy atom. The normalized spacial score (nSPS) is 11.5. The number of ether oxygens (including phenoxy) is 1. The highest BCUT2D eigenvalue weighted by Gasteiger charge is 2.35. The Balaban J connectivity index is 2.80. The fourth-order valence-corrected chi connectivity index (χ4v) is 2.33. The van der Waals surface area contributed by atoms with Crippen molar-refractivity contribution in [2.75, 3.05) is 7.11 Å². The number of alkyl halides is 3. The number of carbonyl (C=O) groups is 1. The Morgan fingerprint density at radius 2 is 1.89 bits per heavy atom. The summed E-state index contributed by atoms with van der Waals surface area (Å²) in [6.07, 6.45) is -2.98. The largest absolute Gasteiger partial charge is 0.466 e. The Labute approximate surface area is 154 Å². The van der Waals surface area contributed by atoms with Crippen molar-refractivity contribution >= 4 is 12.0 Å². The summed E-state index contributed by atoms with van der Waals surface area (Å²) in [4.78, 5) is 35.6. The summed E-state index contributed by atoms with van der Waals surface area (Å²) in [7, 11) is 1.88. The lowest BCUT2D eigenvalue weighted by Crippen LogP contribution is -2.41. The molecule has 0 radical (unpaired) electrons. The van der Waals surface area contributed by atoms with Gasteiger partial charge in [-0.3, -0.25) is 9.36 Å². The van der Waals surface area contributed by atoms with E-state index in [2.05, 4.69) is 4.74 Å². The number of nitriles is 1. The van der Waals surface area contributed by atoms with E-state index in [1.807, 2.05) is 0 Å². The zero-order chi connectivity index (χ0) is 21.2. The number of esters is 1. The summed E-state index contributed by atoms with van der Waals surface area (Å²) in [6.45, 7) is 0. The maximum absolute atomic E-state index is 14.4. The fourth-order valence-electron chi connectivity index (χ4n) is 2.33. The van der Waals surface area contributed by atoms with Crippen LogP contribution in [0.1, 0.15) is 16.8 Å². The van der Waals surface area contributed by atoms with Crippen molar-refractivity contribution in [2.24, 2.45) is 7.05 Å². The average Bonchev–Trinajstić information content (AvgIpc) is 2.63. The molecule has 0 aliphatic heterocycles. The maximum atomic E-state index is 14.4. The molecular weight excluding hydrogens is 386 g/mol. The molecule has 0 amide bonds. The lowest BCUT2D eigenvalue weighted by Gasteiger charge is -2.14. The molecule has 2 aromatic rings. The Hall–Kier alpha value is -3.68. The van der Waals surface area contributed by atoms with Crippen LogP contribution >= 0.6 is 0 Å². The molecule has 28 heavy (non-hydrogen) atoms. The van der Waals surface area contributed by atoms with E-state index < -0.39 is 40.6 Å². The molecule has 0 aliphatic rings. The third-order valence-corrected chi connectivity index (χ3v) is 3.69.